The maximum atomic E-state index is 12.8. The normalized spacial score (nSPS) is 23.6. The minimum Gasteiger partial charge on any atom is -0.466 e. The van der Waals surface area contributed by atoms with Gasteiger partial charge in [-0.1, -0.05) is 30.3 Å². The van der Waals surface area contributed by atoms with Crippen LogP contribution >= 0.6 is 0 Å². The van der Waals surface area contributed by atoms with E-state index in [-0.39, 0.29) is 36.9 Å². The van der Waals surface area contributed by atoms with Gasteiger partial charge >= 0.3 is 11.9 Å². The fourth-order valence-electron chi connectivity index (χ4n) is 3.82. The number of benzene rings is 1. The van der Waals surface area contributed by atoms with Gasteiger partial charge in [0.1, 0.15) is 12.4 Å². The zero-order valence-electron chi connectivity index (χ0n) is 16.9. The molecule has 0 radical (unpaired) electrons. The summed E-state index contributed by atoms with van der Waals surface area (Å²) in [5.41, 5.74) is 0.895. The van der Waals surface area contributed by atoms with E-state index >= 15 is 0 Å². The molecule has 1 aromatic carbocycles. The van der Waals surface area contributed by atoms with Crippen LogP contribution in [-0.2, 0) is 35.2 Å². The molecule has 7 heteroatoms. The molecule has 2 fully saturated rings. The highest BCUT2D eigenvalue weighted by Gasteiger charge is 2.37. The first kappa shape index (κ1) is 21.5. The predicted molar refractivity (Wildman–Crippen MR) is 105 cm³/mol. The van der Waals surface area contributed by atoms with E-state index in [9.17, 15) is 14.4 Å². The van der Waals surface area contributed by atoms with Crippen LogP contribution in [-0.4, -0.2) is 54.7 Å². The number of nitrogens with zero attached hydrogens (tertiary/aromatic N) is 1. The second kappa shape index (κ2) is 10.5. The van der Waals surface area contributed by atoms with Gasteiger partial charge in [-0.05, 0) is 38.2 Å². The first-order chi connectivity index (χ1) is 14.1. The van der Waals surface area contributed by atoms with Gasteiger partial charge < -0.3 is 14.2 Å². The molecule has 0 aromatic heterocycles. The zero-order chi connectivity index (χ0) is 20.6. The number of carbonyl (C=O) groups excluding carboxylic acids is 3. The van der Waals surface area contributed by atoms with E-state index in [2.05, 4.69) is 0 Å². The molecular weight excluding hydrogens is 374 g/mol. The van der Waals surface area contributed by atoms with Crippen molar-refractivity contribution in [3.8, 4) is 0 Å². The zero-order valence-corrected chi connectivity index (χ0v) is 16.9. The van der Waals surface area contributed by atoms with E-state index in [1.54, 1.807) is 11.8 Å². The Kier molecular flexibility index (Phi) is 7.77. The van der Waals surface area contributed by atoms with Gasteiger partial charge in [-0.3, -0.25) is 14.5 Å². The molecule has 1 heterocycles. The second-order valence-corrected chi connectivity index (χ2v) is 7.57. The molecular formula is C22H29NO6. The van der Waals surface area contributed by atoms with Gasteiger partial charge in [0.25, 0.3) is 0 Å². The minimum absolute atomic E-state index is 0.0977. The van der Waals surface area contributed by atoms with Crippen molar-refractivity contribution < 1.29 is 28.6 Å². The Morgan fingerprint density at radius 2 is 1.83 bits per heavy atom. The lowest BCUT2D eigenvalue weighted by molar-refractivity contribution is -0.182. The monoisotopic (exact) mass is 403 g/mol. The number of rotatable bonds is 8. The van der Waals surface area contributed by atoms with Gasteiger partial charge in [-0.15, -0.1) is 0 Å². The van der Waals surface area contributed by atoms with Crippen LogP contribution in [0.15, 0.2) is 30.3 Å². The van der Waals surface area contributed by atoms with Crippen LogP contribution in [0.5, 0.6) is 0 Å². The molecule has 0 spiro atoms. The Balaban J connectivity index is 1.57. The number of Topliss-reactive ketones (excluding diaryl/α,β-unsaturated/α-hetero) is 1. The van der Waals surface area contributed by atoms with Crippen LogP contribution in [0.4, 0.5) is 0 Å². The average Bonchev–Trinajstić information content (AvgIpc) is 3.17. The van der Waals surface area contributed by atoms with Crippen molar-refractivity contribution >= 4 is 17.7 Å². The summed E-state index contributed by atoms with van der Waals surface area (Å²) in [5.74, 6) is -0.641. The number of hydrogen-bond acceptors (Lipinski definition) is 7. The van der Waals surface area contributed by atoms with Crippen molar-refractivity contribution in [2.45, 2.75) is 58.0 Å². The van der Waals surface area contributed by atoms with E-state index in [0.29, 0.717) is 45.3 Å². The quantitative estimate of drug-likeness (QED) is 0.617. The lowest BCUT2D eigenvalue weighted by atomic mass is 9.87. The highest BCUT2D eigenvalue weighted by atomic mass is 16.6. The summed E-state index contributed by atoms with van der Waals surface area (Å²) in [6, 6.07) is 9.45. The largest absolute Gasteiger partial charge is 0.466 e. The summed E-state index contributed by atoms with van der Waals surface area (Å²) in [6.07, 6.45) is 2.07. The molecule has 0 amide bonds. The summed E-state index contributed by atoms with van der Waals surface area (Å²) in [5, 5.41) is 0. The summed E-state index contributed by atoms with van der Waals surface area (Å²) >= 11 is 0. The topological polar surface area (TPSA) is 82.1 Å². The van der Waals surface area contributed by atoms with Gasteiger partial charge in [-0.2, -0.15) is 0 Å². The molecule has 1 saturated carbocycles. The molecule has 7 nitrogen and oxygen atoms in total. The SMILES string of the molecule is CCOC(=O)C1CCC(OC(C(=O)OCc2ccccc2)N2CCC(=O)C2)CC1. The van der Waals surface area contributed by atoms with Crippen LogP contribution in [0.25, 0.3) is 0 Å². The lowest BCUT2D eigenvalue weighted by Crippen LogP contribution is -2.45. The Morgan fingerprint density at radius 1 is 1.10 bits per heavy atom. The molecule has 3 rings (SSSR count). The van der Waals surface area contributed by atoms with Crippen molar-refractivity contribution in [3.63, 3.8) is 0 Å². The number of ketones is 1. The molecule has 2 aliphatic rings. The molecule has 1 aliphatic carbocycles. The first-order valence-corrected chi connectivity index (χ1v) is 10.3. The first-order valence-electron chi connectivity index (χ1n) is 10.3. The van der Waals surface area contributed by atoms with Crippen LogP contribution in [0.1, 0.15) is 44.6 Å². The standard InChI is InChI=1S/C22H29NO6/c1-2-27-21(25)17-8-10-19(11-9-17)29-20(23-13-12-18(24)14-23)22(26)28-15-16-6-4-3-5-7-16/h3-7,17,19-20H,2,8-15H2,1H3. The number of esters is 2. The maximum absolute atomic E-state index is 12.8. The van der Waals surface area contributed by atoms with E-state index < -0.39 is 12.2 Å². The molecule has 158 valence electrons. The number of hydrogen-bond donors (Lipinski definition) is 0. The van der Waals surface area contributed by atoms with Crippen LogP contribution in [0.2, 0.25) is 0 Å². The summed E-state index contributed by atoms with van der Waals surface area (Å²) in [7, 11) is 0. The third-order valence-corrected chi connectivity index (χ3v) is 5.43. The highest BCUT2D eigenvalue weighted by molar-refractivity contribution is 5.84. The van der Waals surface area contributed by atoms with Crippen LogP contribution in [0.3, 0.4) is 0 Å². The van der Waals surface area contributed by atoms with Crippen molar-refractivity contribution in [1.29, 1.82) is 0 Å². The summed E-state index contributed by atoms with van der Waals surface area (Å²) in [4.78, 5) is 38.2. The lowest BCUT2D eigenvalue weighted by Gasteiger charge is -2.32. The average molecular weight is 403 g/mol. The van der Waals surface area contributed by atoms with Gasteiger partial charge in [-0.25, -0.2) is 4.79 Å². The Bertz CT molecular complexity index is 699. The smallest absolute Gasteiger partial charge is 0.351 e. The van der Waals surface area contributed by atoms with E-state index in [0.717, 1.165) is 5.56 Å². The maximum Gasteiger partial charge on any atom is 0.351 e. The highest BCUT2D eigenvalue weighted by Crippen LogP contribution is 2.29. The Hall–Kier alpha value is -2.25. The van der Waals surface area contributed by atoms with E-state index in [1.165, 1.54) is 0 Å². The second-order valence-electron chi connectivity index (χ2n) is 7.57. The van der Waals surface area contributed by atoms with E-state index in [1.807, 2.05) is 30.3 Å². The fraction of sp³-hybridized carbons (Fsp3) is 0.591. The fourth-order valence-corrected chi connectivity index (χ4v) is 3.82. The molecule has 1 aliphatic heterocycles. The number of likely N-dealkylation sites (tertiary alicyclic amines) is 1. The molecule has 29 heavy (non-hydrogen) atoms. The summed E-state index contributed by atoms with van der Waals surface area (Å²) < 4.78 is 16.7. The van der Waals surface area contributed by atoms with Crippen molar-refractivity contribution in [1.82, 2.24) is 4.90 Å². The van der Waals surface area contributed by atoms with Crippen molar-refractivity contribution in [3.05, 3.63) is 35.9 Å². The predicted octanol–water partition coefficient (Wildman–Crippen LogP) is 2.47. The molecule has 1 saturated heterocycles. The minimum atomic E-state index is -0.894. The third kappa shape index (κ3) is 6.11. The molecule has 1 atom stereocenters. The van der Waals surface area contributed by atoms with Gasteiger partial charge in [0.15, 0.2) is 0 Å². The van der Waals surface area contributed by atoms with Crippen LogP contribution in [0, 0.1) is 5.92 Å². The molecule has 1 aromatic rings. The van der Waals surface area contributed by atoms with Gasteiger partial charge in [0.05, 0.1) is 25.2 Å². The van der Waals surface area contributed by atoms with Crippen molar-refractivity contribution in [2.75, 3.05) is 19.7 Å². The van der Waals surface area contributed by atoms with Crippen LogP contribution < -0.4 is 0 Å². The Morgan fingerprint density at radius 3 is 2.45 bits per heavy atom. The molecule has 0 N–H and O–H groups in total. The van der Waals surface area contributed by atoms with Crippen molar-refractivity contribution in [2.24, 2.45) is 5.92 Å². The Labute approximate surface area is 171 Å². The molecule has 0 bridgehead atoms. The van der Waals surface area contributed by atoms with E-state index in [4.69, 9.17) is 14.2 Å². The molecule has 1 unspecified atom stereocenters. The van der Waals surface area contributed by atoms with Gasteiger partial charge in [0.2, 0.25) is 6.23 Å². The third-order valence-electron chi connectivity index (χ3n) is 5.43. The number of ether oxygens (including phenoxy) is 3. The summed E-state index contributed by atoms with van der Waals surface area (Å²) in [6.45, 7) is 3.03. The van der Waals surface area contributed by atoms with Gasteiger partial charge in [0, 0.05) is 13.0 Å². The number of carbonyl (C=O) groups is 3.